The van der Waals surface area contributed by atoms with Gasteiger partial charge in [-0.2, -0.15) is 0 Å². The highest BCUT2D eigenvalue weighted by Crippen LogP contribution is 2.31. The highest BCUT2D eigenvalue weighted by molar-refractivity contribution is 6.15. The van der Waals surface area contributed by atoms with Crippen molar-refractivity contribution in [3.63, 3.8) is 0 Å². The van der Waals surface area contributed by atoms with Crippen LogP contribution in [0.25, 0.3) is 0 Å². The van der Waals surface area contributed by atoms with Crippen LogP contribution in [0.1, 0.15) is 55.4 Å². The van der Waals surface area contributed by atoms with Crippen LogP contribution in [0.5, 0.6) is 0 Å². The topological polar surface area (TPSA) is 272 Å². The van der Waals surface area contributed by atoms with Crippen LogP contribution in [-0.2, 0) is 95.4 Å². The molecule has 2 heterocycles. The van der Waals surface area contributed by atoms with E-state index in [1.807, 2.05) is 0 Å². The van der Waals surface area contributed by atoms with Crippen LogP contribution in [0.4, 0.5) is 0 Å². The highest BCUT2D eigenvalue weighted by atomic mass is 16.8. The zero-order valence-corrected chi connectivity index (χ0v) is 29.4. The average molecular weight is 749 g/mol. The predicted octanol–water partition coefficient (Wildman–Crippen LogP) is -0.843. The average Bonchev–Trinajstić information content (AvgIpc) is 3.00. The summed E-state index contributed by atoms with van der Waals surface area (Å²) in [6.45, 7) is 7.48. The van der Waals surface area contributed by atoms with Crippen LogP contribution >= 0.6 is 0 Å². The van der Waals surface area contributed by atoms with Gasteiger partial charge in [-0.25, -0.2) is 0 Å². The lowest BCUT2D eigenvalue weighted by molar-refractivity contribution is -0.308. The van der Waals surface area contributed by atoms with E-state index in [0.29, 0.717) is 0 Å². The summed E-state index contributed by atoms with van der Waals surface area (Å²) in [6.07, 6.45) is -13.1. The number of hydrogen-bond donors (Lipinski definition) is 0. The van der Waals surface area contributed by atoms with Gasteiger partial charge in [0.2, 0.25) is 12.2 Å². The van der Waals surface area contributed by atoms with Gasteiger partial charge < -0.3 is 57.0 Å². The molecule has 0 bridgehead atoms. The van der Waals surface area contributed by atoms with Gasteiger partial charge in [0.25, 0.3) is 12.6 Å². The Labute approximate surface area is 296 Å². The zero-order chi connectivity index (χ0) is 39.1. The fourth-order valence-corrected chi connectivity index (χ4v) is 4.79. The molecular formula is C30H40N2O20. The van der Waals surface area contributed by atoms with E-state index in [-0.39, 0.29) is 0 Å². The van der Waals surface area contributed by atoms with E-state index in [1.54, 1.807) is 0 Å². The Morgan fingerprint density at radius 2 is 0.692 bits per heavy atom. The first-order valence-corrected chi connectivity index (χ1v) is 15.4. The fourth-order valence-electron chi connectivity index (χ4n) is 4.79. The molecule has 0 spiro atoms. The Morgan fingerprint density at radius 3 is 0.962 bits per heavy atom. The first-order chi connectivity index (χ1) is 24.4. The first kappa shape index (κ1) is 42.8. The van der Waals surface area contributed by atoms with Crippen molar-refractivity contribution in [3.8, 4) is 0 Å². The van der Waals surface area contributed by atoms with Gasteiger partial charge in [0.15, 0.2) is 24.4 Å². The molecule has 0 N–H and O–H groups in total. The lowest BCUT2D eigenvalue weighted by Gasteiger charge is -2.43. The van der Waals surface area contributed by atoms with Gasteiger partial charge in [-0.15, -0.1) is 0 Å². The lowest BCUT2D eigenvalue weighted by atomic mass is 9.98. The van der Waals surface area contributed by atoms with E-state index in [1.165, 1.54) is 0 Å². The van der Waals surface area contributed by atoms with Crippen LogP contribution in [-0.4, -0.2) is 135 Å². The number of ether oxygens (including phenoxy) is 10. The van der Waals surface area contributed by atoms with E-state index < -0.39 is 122 Å². The van der Waals surface area contributed by atoms with Crippen molar-refractivity contribution in [2.24, 2.45) is 10.3 Å². The molecule has 2 aliphatic rings. The standard InChI is InChI=1S/C30H40N2O20/c1-13(33)41-11-21-23(43-15(3)35)25(45-17(5)37)27(47-19(7)39)29(49-21)51-31-9-10-32-52-30-28(48-20(8)40)26(46-18(6)38)24(44-16(4)36)22(50-30)12-42-14(2)34/h9-10,21-30H,11-12H2,1-8H3/b31-9+,32-10+/t21-,22-,23-,24-,25+,26+,27-,28-,29+,30+/m1/s1. The van der Waals surface area contributed by atoms with Crippen LogP contribution in [0.3, 0.4) is 0 Å². The SMILES string of the molecule is CC(=O)OC[C@H]1O[C@@H](O/N=C/C=N/O[C@@H]2O[C@H](COC(C)=O)[C@@H](OC(C)=O)[C@H](OC(C)=O)[C@H]2OC(C)=O)[C@H](OC(C)=O)[C@@H](OC(C)=O)[C@@H]1OC(C)=O. The van der Waals surface area contributed by atoms with Crippen molar-refractivity contribution >= 4 is 60.2 Å². The minimum absolute atomic E-state index is 0.507. The third kappa shape index (κ3) is 14.1. The number of esters is 8. The van der Waals surface area contributed by atoms with E-state index in [9.17, 15) is 38.4 Å². The van der Waals surface area contributed by atoms with Crippen LogP contribution in [0.15, 0.2) is 10.3 Å². The Balaban J connectivity index is 2.35. The summed E-state index contributed by atoms with van der Waals surface area (Å²) >= 11 is 0. The van der Waals surface area contributed by atoms with Gasteiger partial charge in [0.1, 0.15) is 25.4 Å². The van der Waals surface area contributed by atoms with Gasteiger partial charge in [0.05, 0.1) is 12.4 Å². The largest absolute Gasteiger partial charge is 0.463 e. The molecular weight excluding hydrogens is 708 g/mol. The molecule has 0 aromatic carbocycles. The first-order valence-electron chi connectivity index (χ1n) is 15.4. The minimum Gasteiger partial charge on any atom is -0.463 e. The molecule has 2 rings (SSSR count). The summed E-state index contributed by atoms with van der Waals surface area (Å²) in [4.78, 5) is 105. The number of carbonyl (C=O) groups is 8. The Kier molecular flexibility index (Phi) is 16.8. The fraction of sp³-hybridized carbons (Fsp3) is 0.667. The maximum Gasteiger partial charge on any atom is 0.303 e. The summed E-state index contributed by atoms with van der Waals surface area (Å²) in [5.74, 6) is -6.57. The predicted molar refractivity (Wildman–Crippen MR) is 163 cm³/mol. The summed E-state index contributed by atoms with van der Waals surface area (Å²) in [5.41, 5.74) is 0. The Hall–Kier alpha value is -5.38. The lowest BCUT2D eigenvalue weighted by Crippen LogP contribution is -2.62. The van der Waals surface area contributed by atoms with Crippen molar-refractivity contribution in [1.82, 2.24) is 0 Å². The molecule has 0 aromatic heterocycles. The molecule has 10 atom stereocenters. The number of carbonyl (C=O) groups excluding carboxylic acids is 8. The van der Waals surface area contributed by atoms with Gasteiger partial charge in [-0.05, 0) is 0 Å². The normalized spacial score (nSPS) is 28.5. The van der Waals surface area contributed by atoms with Crippen molar-refractivity contribution in [2.45, 2.75) is 117 Å². The van der Waals surface area contributed by atoms with Gasteiger partial charge >= 0.3 is 47.8 Å². The number of oxime groups is 2. The molecule has 0 aromatic rings. The molecule has 0 aliphatic carbocycles. The monoisotopic (exact) mass is 748 g/mol. The Morgan fingerprint density at radius 1 is 0.423 bits per heavy atom. The third-order valence-electron chi connectivity index (χ3n) is 6.41. The van der Waals surface area contributed by atoms with Crippen LogP contribution < -0.4 is 0 Å². The minimum atomic E-state index is -1.65. The molecule has 0 radical (unpaired) electrons. The molecule has 2 aliphatic heterocycles. The highest BCUT2D eigenvalue weighted by Gasteiger charge is 2.55. The summed E-state index contributed by atoms with van der Waals surface area (Å²) in [7, 11) is 0. The second-order valence-electron chi connectivity index (χ2n) is 10.9. The molecule has 290 valence electrons. The number of hydrogen-bond acceptors (Lipinski definition) is 22. The van der Waals surface area contributed by atoms with Gasteiger partial charge in [-0.1, -0.05) is 10.3 Å². The summed E-state index contributed by atoms with van der Waals surface area (Å²) < 4.78 is 53.2. The number of rotatable bonds is 15. The van der Waals surface area contributed by atoms with E-state index in [4.69, 9.17) is 57.0 Å². The molecule has 0 amide bonds. The van der Waals surface area contributed by atoms with Gasteiger partial charge in [0, 0.05) is 55.4 Å². The number of nitrogens with zero attached hydrogens (tertiary/aromatic N) is 2. The van der Waals surface area contributed by atoms with E-state index in [2.05, 4.69) is 10.3 Å². The van der Waals surface area contributed by atoms with Crippen LogP contribution in [0.2, 0.25) is 0 Å². The van der Waals surface area contributed by atoms with E-state index >= 15 is 0 Å². The molecule has 2 fully saturated rings. The second kappa shape index (κ2) is 20.5. The van der Waals surface area contributed by atoms with Crippen LogP contribution in [0, 0.1) is 0 Å². The molecule has 22 heteroatoms. The molecule has 0 saturated carbocycles. The van der Waals surface area contributed by atoms with Crippen molar-refractivity contribution in [2.75, 3.05) is 13.2 Å². The van der Waals surface area contributed by atoms with Crippen molar-refractivity contribution in [1.29, 1.82) is 0 Å². The zero-order valence-electron chi connectivity index (χ0n) is 29.4. The molecule has 52 heavy (non-hydrogen) atoms. The second-order valence-corrected chi connectivity index (χ2v) is 10.9. The van der Waals surface area contributed by atoms with E-state index in [0.717, 1.165) is 67.8 Å². The summed E-state index contributed by atoms with van der Waals surface area (Å²) in [6, 6.07) is 0. The Bertz CT molecular complexity index is 1280. The third-order valence-corrected chi connectivity index (χ3v) is 6.41. The quantitative estimate of drug-likeness (QED) is 0.0854. The summed E-state index contributed by atoms with van der Waals surface area (Å²) in [5, 5.41) is 7.32. The maximum atomic E-state index is 12.0. The smallest absolute Gasteiger partial charge is 0.303 e. The molecule has 22 nitrogen and oxygen atoms in total. The molecule has 0 unspecified atom stereocenters. The maximum absolute atomic E-state index is 12.0. The molecule has 2 saturated heterocycles. The van der Waals surface area contributed by atoms with Gasteiger partial charge in [-0.3, -0.25) is 38.4 Å². The van der Waals surface area contributed by atoms with Crippen molar-refractivity contribution in [3.05, 3.63) is 0 Å². The van der Waals surface area contributed by atoms with Crippen molar-refractivity contribution < 1.29 is 95.4 Å².